The molecule has 0 amide bonds. The highest BCUT2D eigenvalue weighted by Crippen LogP contribution is 2.23. The average Bonchev–Trinajstić information content (AvgIpc) is 2.36. The van der Waals surface area contributed by atoms with Crippen molar-refractivity contribution < 1.29 is 4.74 Å². The Morgan fingerprint density at radius 3 is 2.53 bits per heavy atom. The average molecular weight is 270 g/mol. The molecule has 0 aromatic heterocycles. The van der Waals surface area contributed by atoms with Gasteiger partial charge in [-0.25, -0.2) is 0 Å². The molecule has 1 heterocycles. The Labute approximate surface area is 120 Å². The van der Waals surface area contributed by atoms with Gasteiger partial charge in [0.25, 0.3) is 0 Å². The summed E-state index contributed by atoms with van der Waals surface area (Å²) in [5.41, 5.74) is 0.315. The van der Waals surface area contributed by atoms with Crippen molar-refractivity contribution in [2.45, 2.75) is 53.0 Å². The third kappa shape index (κ3) is 6.24. The summed E-state index contributed by atoms with van der Waals surface area (Å²) in [5.74, 6) is 0.827. The maximum atomic E-state index is 5.44. The molecule has 1 rings (SSSR count). The van der Waals surface area contributed by atoms with Crippen LogP contribution in [0, 0.1) is 11.3 Å². The number of hydrogen-bond donors (Lipinski definition) is 1. The van der Waals surface area contributed by atoms with E-state index in [2.05, 4.69) is 45.0 Å². The molecule has 0 aromatic rings. The molecule has 0 spiro atoms. The first-order valence-corrected chi connectivity index (χ1v) is 7.95. The van der Waals surface area contributed by atoms with Crippen molar-refractivity contribution in [1.82, 2.24) is 10.2 Å². The Morgan fingerprint density at radius 1 is 1.32 bits per heavy atom. The second-order valence-electron chi connectivity index (χ2n) is 6.92. The Kier molecular flexibility index (Phi) is 7.33. The number of nitrogens with one attached hydrogen (secondary N) is 1. The van der Waals surface area contributed by atoms with Gasteiger partial charge in [0.05, 0.1) is 0 Å². The SMILES string of the molecule is CCCNC(C)C(C)(C)CN(C)CC1CCOCC1. The van der Waals surface area contributed by atoms with Crippen LogP contribution in [-0.2, 0) is 4.74 Å². The minimum Gasteiger partial charge on any atom is -0.381 e. The molecule has 3 nitrogen and oxygen atoms in total. The molecule has 0 saturated carbocycles. The first-order chi connectivity index (χ1) is 8.95. The van der Waals surface area contributed by atoms with Crippen LogP contribution in [0.4, 0.5) is 0 Å². The van der Waals surface area contributed by atoms with Crippen molar-refractivity contribution in [1.29, 1.82) is 0 Å². The lowest BCUT2D eigenvalue weighted by Crippen LogP contribution is -2.47. The van der Waals surface area contributed by atoms with Crippen LogP contribution >= 0.6 is 0 Å². The Bertz CT molecular complexity index is 237. The monoisotopic (exact) mass is 270 g/mol. The Balaban J connectivity index is 2.33. The molecule has 1 saturated heterocycles. The predicted molar refractivity (Wildman–Crippen MR) is 82.6 cm³/mol. The fourth-order valence-electron chi connectivity index (χ4n) is 2.90. The van der Waals surface area contributed by atoms with Gasteiger partial charge in [0.15, 0.2) is 0 Å². The summed E-state index contributed by atoms with van der Waals surface area (Å²) >= 11 is 0. The number of nitrogens with zero attached hydrogens (tertiary/aromatic N) is 1. The maximum Gasteiger partial charge on any atom is 0.0469 e. The lowest BCUT2D eigenvalue weighted by atomic mass is 9.84. The summed E-state index contributed by atoms with van der Waals surface area (Å²) < 4.78 is 5.44. The maximum absolute atomic E-state index is 5.44. The molecule has 1 aliphatic heterocycles. The summed E-state index contributed by atoms with van der Waals surface area (Å²) in [6, 6.07) is 0.560. The molecule has 0 aliphatic carbocycles. The highest BCUT2D eigenvalue weighted by Gasteiger charge is 2.27. The fraction of sp³-hybridized carbons (Fsp3) is 1.00. The molecule has 3 heteroatoms. The lowest BCUT2D eigenvalue weighted by Gasteiger charge is -2.37. The normalized spacial score (nSPS) is 19.9. The molecule has 1 atom stereocenters. The van der Waals surface area contributed by atoms with E-state index < -0.39 is 0 Å². The van der Waals surface area contributed by atoms with Crippen LogP contribution in [0.3, 0.4) is 0 Å². The summed E-state index contributed by atoms with van der Waals surface area (Å²) in [6.07, 6.45) is 3.67. The molecule has 0 bridgehead atoms. The zero-order chi connectivity index (χ0) is 14.3. The van der Waals surface area contributed by atoms with Gasteiger partial charge < -0.3 is 15.0 Å². The first-order valence-electron chi connectivity index (χ1n) is 7.95. The Hall–Kier alpha value is -0.120. The Morgan fingerprint density at radius 2 is 1.95 bits per heavy atom. The van der Waals surface area contributed by atoms with E-state index in [1.807, 2.05) is 0 Å². The summed E-state index contributed by atoms with van der Waals surface area (Å²) in [4.78, 5) is 2.51. The number of hydrogen-bond acceptors (Lipinski definition) is 3. The minimum atomic E-state index is 0.315. The van der Waals surface area contributed by atoms with Crippen LogP contribution in [0.15, 0.2) is 0 Å². The van der Waals surface area contributed by atoms with Crippen molar-refractivity contribution in [3.63, 3.8) is 0 Å². The standard InChI is InChI=1S/C16H34N2O/c1-6-9-17-14(2)16(3,4)13-18(5)12-15-7-10-19-11-8-15/h14-15,17H,6-13H2,1-5H3. The van der Waals surface area contributed by atoms with E-state index in [0.717, 1.165) is 32.2 Å². The molecular formula is C16H34N2O. The smallest absolute Gasteiger partial charge is 0.0469 e. The summed E-state index contributed by atoms with van der Waals surface area (Å²) in [7, 11) is 2.27. The zero-order valence-electron chi connectivity index (χ0n) is 13.7. The van der Waals surface area contributed by atoms with E-state index in [1.165, 1.54) is 25.8 Å². The van der Waals surface area contributed by atoms with Gasteiger partial charge in [-0.1, -0.05) is 20.8 Å². The zero-order valence-corrected chi connectivity index (χ0v) is 13.7. The van der Waals surface area contributed by atoms with E-state index in [-0.39, 0.29) is 0 Å². The van der Waals surface area contributed by atoms with Gasteiger partial charge in [0.1, 0.15) is 0 Å². The van der Waals surface area contributed by atoms with Gasteiger partial charge >= 0.3 is 0 Å². The van der Waals surface area contributed by atoms with E-state index in [4.69, 9.17) is 4.74 Å². The lowest BCUT2D eigenvalue weighted by molar-refractivity contribution is 0.0492. The first kappa shape index (κ1) is 16.9. The molecule has 0 radical (unpaired) electrons. The molecule has 1 unspecified atom stereocenters. The van der Waals surface area contributed by atoms with Gasteiger partial charge in [-0.05, 0) is 51.1 Å². The molecule has 0 aromatic carbocycles. The van der Waals surface area contributed by atoms with Gasteiger partial charge in [-0.15, -0.1) is 0 Å². The van der Waals surface area contributed by atoms with Gasteiger partial charge in [-0.2, -0.15) is 0 Å². The largest absolute Gasteiger partial charge is 0.381 e. The van der Waals surface area contributed by atoms with Crippen molar-refractivity contribution >= 4 is 0 Å². The van der Waals surface area contributed by atoms with E-state index in [9.17, 15) is 0 Å². The molecular weight excluding hydrogens is 236 g/mol. The molecule has 1 fully saturated rings. The van der Waals surface area contributed by atoms with Crippen LogP contribution in [0.25, 0.3) is 0 Å². The summed E-state index contributed by atoms with van der Waals surface area (Å²) in [6.45, 7) is 14.7. The van der Waals surface area contributed by atoms with E-state index >= 15 is 0 Å². The molecule has 114 valence electrons. The third-order valence-electron chi connectivity index (χ3n) is 4.46. The van der Waals surface area contributed by atoms with Gasteiger partial charge in [-0.3, -0.25) is 0 Å². The molecule has 19 heavy (non-hydrogen) atoms. The van der Waals surface area contributed by atoms with Crippen molar-refractivity contribution in [2.24, 2.45) is 11.3 Å². The number of rotatable bonds is 8. The quantitative estimate of drug-likeness (QED) is 0.734. The fourth-order valence-corrected chi connectivity index (χ4v) is 2.90. The van der Waals surface area contributed by atoms with Crippen LogP contribution < -0.4 is 5.32 Å². The van der Waals surface area contributed by atoms with Gasteiger partial charge in [0, 0.05) is 32.3 Å². The van der Waals surface area contributed by atoms with Crippen LogP contribution in [0.1, 0.15) is 47.0 Å². The summed E-state index contributed by atoms with van der Waals surface area (Å²) in [5, 5.41) is 3.63. The number of ether oxygens (including phenoxy) is 1. The predicted octanol–water partition coefficient (Wildman–Crippen LogP) is 2.76. The highest BCUT2D eigenvalue weighted by atomic mass is 16.5. The van der Waals surface area contributed by atoms with E-state index in [1.54, 1.807) is 0 Å². The minimum absolute atomic E-state index is 0.315. The van der Waals surface area contributed by atoms with Crippen LogP contribution in [0.5, 0.6) is 0 Å². The second kappa shape index (κ2) is 8.23. The van der Waals surface area contributed by atoms with Gasteiger partial charge in [0.2, 0.25) is 0 Å². The van der Waals surface area contributed by atoms with Crippen LogP contribution in [-0.4, -0.2) is 50.8 Å². The molecule has 1 N–H and O–H groups in total. The molecule has 1 aliphatic rings. The van der Waals surface area contributed by atoms with E-state index in [0.29, 0.717) is 11.5 Å². The van der Waals surface area contributed by atoms with Crippen molar-refractivity contribution in [3.05, 3.63) is 0 Å². The van der Waals surface area contributed by atoms with Crippen LogP contribution in [0.2, 0.25) is 0 Å². The van der Waals surface area contributed by atoms with Crippen molar-refractivity contribution in [3.8, 4) is 0 Å². The second-order valence-corrected chi connectivity index (χ2v) is 6.92. The van der Waals surface area contributed by atoms with Crippen molar-refractivity contribution in [2.75, 3.05) is 39.9 Å². The third-order valence-corrected chi connectivity index (χ3v) is 4.46. The highest BCUT2D eigenvalue weighted by molar-refractivity contribution is 4.83. The topological polar surface area (TPSA) is 24.5 Å².